The maximum atomic E-state index is 17.7. The average Bonchev–Trinajstić information content (AvgIpc) is 2.99. The lowest BCUT2D eigenvalue weighted by Gasteiger charge is -2.63. The first-order valence-corrected chi connectivity index (χ1v) is 12.5. The van der Waals surface area contributed by atoms with Crippen molar-refractivity contribution in [3.05, 3.63) is 11.6 Å². The molecule has 4 aliphatic rings. The molecule has 1 N–H and O–H groups in total. The molecule has 37 heavy (non-hydrogen) atoms. The first-order valence-electron chi connectivity index (χ1n) is 12.5. The number of halogens is 4. The Hall–Kier alpha value is -2.30. The van der Waals surface area contributed by atoms with Crippen LogP contribution < -0.4 is 0 Å². The van der Waals surface area contributed by atoms with E-state index in [0.29, 0.717) is 12.0 Å². The number of fused-ring (bicyclic) bond motifs is 5. The third-order valence-electron chi connectivity index (χ3n) is 9.91. The van der Waals surface area contributed by atoms with E-state index < -0.39 is 82.9 Å². The average molecular weight is 533 g/mol. The minimum Gasteiger partial charge on any atom is -0.458 e. The smallest absolute Gasteiger partial charge is 0.458 e. The molecule has 4 aliphatic carbocycles. The van der Waals surface area contributed by atoms with Gasteiger partial charge in [-0.2, -0.15) is 13.2 Å². The molecule has 0 aromatic heterocycles. The number of carbonyl (C=O) groups is 4. The van der Waals surface area contributed by atoms with Crippen LogP contribution in [0.5, 0.6) is 0 Å². The zero-order valence-corrected chi connectivity index (χ0v) is 21.2. The molecule has 3 saturated carbocycles. The van der Waals surface area contributed by atoms with Gasteiger partial charge in [0, 0.05) is 30.1 Å². The van der Waals surface area contributed by atoms with Gasteiger partial charge in [-0.15, -0.1) is 0 Å². The van der Waals surface area contributed by atoms with Gasteiger partial charge in [-0.05, 0) is 50.0 Å². The minimum absolute atomic E-state index is 0.00146. The number of carbonyl (C=O) groups excluding carboxylic acids is 4. The fourth-order valence-corrected chi connectivity index (χ4v) is 8.06. The molecule has 3 fully saturated rings. The molecule has 0 heterocycles. The molecule has 0 saturated heterocycles. The summed E-state index contributed by atoms with van der Waals surface area (Å²) in [5.74, 6) is -6.66. The van der Waals surface area contributed by atoms with E-state index in [9.17, 15) is 37.5 Å². The Kier molecular flexibility index (Phi) is 6.45. The van der Waals surface area contributed by atoms with Crippen molar-refractivity contribution in [1.82, 2.24) is 0 Å². The summed E-state index contributed by atoms with van der Waals surface area (Å²) in [6, 6.07) is 0. The summed E-state index contributed by atoms with van der Waals surface area (Å²) in [4.78, 5) is 48.7. The van der Waals surface area contributed by atoms with Crippen molar-refractivity contribution in [3.8, 4) is 0 Å². The van der Waals surface area contributed by atoms with Crippen molar-refractivity contribution in [1.29, 1.82) is 0 Å². The molecule has 8 atom stereocenters. The summed E-state index contributed by atoms with van der Waals surface area (Å²) in [6.45, 7) is 5.02. The molecule has 206 valence electrons. The van der Waals surface area contributed by atoms with Gasteiger partial charge in [0.1, 0.15) is 11.7 Å². The van der Waals surface area contributed by atoms with Crippen molar-refractivity contribution in [2.75, 3.05) is 6.61 Å². The van der Waals surface area contributed by atoms with Crippen LogP contribution in [0.25, 0.3) is 0 Å². The normalized spacial score (nSPS) is 43.2. The number of ketones is 2. The number of Topliss-reactive ketones (excluding diaryl/α,β-unsaturated/α-hetero) is 1. The molecule has 7 nitrogen and oxygen atoms in total. The Balaban J connectivity index is 1.84. The van der Waals surface area contributed by atoms with Gasteiger partial charge in [-0.3, -0.25) is 14.4 Å². The van der Waals surface area contributed by atoms with Crippen LogP contribution in [0.1, 0.15) is 66.2 Å². The summed E-state index contributed by atoms with van der Waals surface area (Å²) in [6.07, 6.45) is -5.81. The van der Waals surface area contributed by atoms with Gasteiger partial charge in [0.15, 0.2) is 18.1 Å². The lowest BCUT2D eigenvalue weighted by atomic mass is 9.43. The molecule has 0 aromatic rings. The second kappa shape index (κ2) is 8.61. The lowest BCUT2D eigenvalue weighted by Crippen LogP contribution is -2.70. The van der Waals surface area contributed by atoms with Gasteiger partial charge in [0.25, 0.3) is 0 Å². The number of rotatable bonds is 4. The summed E-state index contributed by atoms with van der Waals surface area (Å²) in [5, 5.41) is 11.8. The molecular weight excluding hydrogens is 500 g/mol. The van der Waals surface area contributed by atoms with E-state index in [1.807, 2.05) is 0 Å². The highest BCUT2D eigenvalue weighted by Crippen LogP contribution is 2.71. The summed E-state index contributed by atoms with van der Waals surface area (Å²) >= 11 is 0. The monoisotopic (exact) mass is 532 g/mol. The largest absolute Gasteiger partial charge is 0.490 e. The highest BCUT2D eigenvalue weighted by atomic mass is 19.4. The van der Waals surface area contributed by atoms with Crippen LogP contribution in [0.3, 0.4) is 0 Å². The van der Waals surface area contributed by atoms with Gasteiger partial charge < -0.3 is 14.6 Å². The fraction of sp³-hybridized carbons (Fsp3) is 0.769. The molecule has 0 aromatic carbocycles. The zero-order valence-electron chi connectivity index (χ0n) is 21.2. The van der Waals surface area contributed by atoms with Crippen LogP contribution in [0.2, 0.25) is 0 Å². The number of ether oxygens (including phenoxy) is 2. The third-order valence-corrected chi connectivity index (χ3v) is 9.91. The van der Waals surface area contributed by atoms with Gasteiger partial charge >= 0.3 is 18.1 Å². The second-order valence-corrected chi connectivity index (χ2v) is 11.6. The SMILES string of the molecule is CC(=O)OCC(=O)[C@@]1(O)C(C)C[C@H]2[C@@H]3CCC4=CC(=O)CC[C@]4(C)[C@@]3(F)C(OC(=O)C(F)(F)F)C[C@@]21C. The van der Waals surface area contributed by atoms with Crippen LogP contribution in [0.15, 0.2) is 11.6 Å². The molecule has 0 spiro atoms. The van der Waals surface area contributed by atoms with Crippen molar-refractivity contribution in [2.45, 2.75) is 89.8 Å². The Labute approximate surface area is 211 Å². The number of hydrogen-bond donors (Lipinski definition) is 1. The van der Waals surface area contributed by atoms with Crippen LogP contribution in [-0.2, 0) is 28.7 Å². The van der Waals surface area contributed by atoms with E-state index >= 15 is 4.39 Å². The van der Waals surface area contributed by atoms with Gasteiger partial charge in [-0.1, -0.05) is 26.3 Å². The van der Waals surface area contributed by atoms with E-state index in [2.05, 4.69) is 0 Å². The van der Waals surface area contributed by atoms with Gasteiger partial charge in [0.05, 0.1) is 0 Å². The maximum absolute atomic E-state index is 17.7. The second-order valence-electron chi connectivity index (χ2n) is 11.6. The minimum atomic E-state index is -5.38. The van der Waals surface area contributed by atoms with E-state index in [1.54, 1.807) is 13.8 Å². The predicted octanol–water partition coefficient (Wildman–Crippen LogP) is 3.80. The number of allylic oxidation sites excluding steroid dienone is 1. The predicted molar refractivity (Wildman–Crippen MR) is 120 cm³/mol. The lowest BCUT2D eigenvalue weighted by molar-refractivity contribution is -0.254. The topological polar surface area (TPSA) is 107 Å². The third kappa shape index (κ3) is 3.78. The highest BCUT2D eigenvalue weighted by Gasteiger charge is 2.77. The molecule has 0 aliphatic heterocycles. The maximum Gasteiger partial charge on any atom is 0.490 e. The molecule has 0 bridgehead atoms. The Morgan fingerprint density at radius 1 is 1.16 bits per heavy atom. The van der Waals surface area contributed by atoms with Crippen LogP contribution in [0, 0.1) is 28.6 Å². The van der Waals surface area contributed by atoms with E-state index in [0.717, 1.165) is 6.92 Å². The quantitative estimate of drug-likeness (QED) is 0.434. The Morgan fingerprint density at radius 3 is 2.41 bits per heavy atom. The van der Waals surface area contributed by atoms with Gasteiger partial charge in [0.2, 0.25) is 5.78 Å². The number of hydrogen-bond acceptors (Lipinski definition) is 7. The molecular formula is C26H32F4O7. The standard InChI is InChI=1S/C26H32F4O7/c1-13-9-18-17-6-5-15-10-16(32)7-8-22(15,3)24(17,27)20(37-21(34)26(28,29)30)11-23(18,4)25(13,35)19(33)12-36-14(2)31/h10,13,17-18,20,35H,5-9,11-12H2,1-4H3/t13?,17-,18-,20?,22-,23-,24-,25-/m0/s1. The first kappa shape index (κ1) is 27.7. The molecule has 2 unspecified atom stereocenters. The molecule has 0 amide bonds. The molecule has 11 heteroatoms. The zero-order chi connectivity index (χ0) is 27.8. The van der Waals surface area contributed by atoms with Gasteiger partial charge in [-0.25, -0.2) is 9.18 Å². The van der Waals surface area contributed by atoms with E-state index in [1.165, 1.54) is 13.0 Å². The fourth-order valence-electron chi connectivity index (χ4n) is 8.06. The number of aliphatic hydroxyl groups is 1. The molecule has 4 rings (SSSR count). The van der Waals surface area contributed by atoms with Crippen molar-refractivity contribution >= 4 is 23.5 Å². The van der Waals surface area contributed by atoms with Crippen molar-refractivity contribution in [2.24, 2.45) is 28.6 Å². The Bertz CT molecular complexity index is 1070. The summed E-state index contributed by atoms with van der Waals surface area (Å²) < 4.78 is 67.3. The van der Waals surface area contributed by atoms with Crippen LogP contribution in [-0.4, -0.2) is 58.8 Å². The van der Waals surface area contributed by atoms with E-state index in [-0.39, 0.29) is 31.5 Å². The van der Waals surface area contributed by atoms with Crippen LogP contribution in [0.4, 0.5) is 17.6 Å². The van der Waals surface area contributed by atoms with Crippen molar-refractivity contribution < 1.29 is 51.3 Å². The Morgan fingerprint density at radius 2 is 1.81 bits per heavy atom. The molecule has 0 radical (unpaired) electrons. The number of alkyl halides is 4. The summed E-state index contributed by atoms with van der Waals surface area (Å²) in [7, 11) is 0. The first-order chi connectivity index (χ1) is 16.9. The summed E-state index contributed by atoms with van der Waals surface area (Å²) in [5.41, 5.74) is -6.98. The highest BCUT2D eigenvalue weighted by molar-refractivity contribution is 5.92. The van der Waals surface area contributed by atoms with E-state index in [4.69, 9.17) is 9.47 Å². The van der Waals surface area contributed by atoms with Crippen LogP contribution >= 0.6 is 0 Å². The number of esters is 2. The van der Waals surface area contributed by atoms with Crippen molar-refractivity contribution in [3.63, 3.8) is 0 Å².